The molecule has 0 N–H and O–H groups in total. The first-order valence-corrected chi connectivity index (χ1v) is 10.7. The zero-order valence-corrected chi connectivity index (χ0v) is 18.2. The molecule has 0 saturated carbocycles. The van der Waals surface area contributed by atoms with Crippen LogP contribution in [0.15, 0.2) is 46.9 Å². The van der Waals surface area contributed by atoms with Gasteiger partial charge in [-0.05, 0) is 70.6 Å². The molecule has 0 spiro atoms. The second kappa shape index (κ2) is 9.97. The van der Waals surface area contributed by atoms with E-state index in [9.17, 15) is 4.79 Å². The van der Waals surface area contributed by atoms with E-state index in [1.807, 2.05) is 30.3 Å². The number of rotatable bonds is 6. The van der Waals surface area contributed by atoms with Crippen LogP contribution in [0.1, 0.15) is 49.3 Å². The van der Waals surface area contributed by atoms with E-state index in [2.05, 4.69) is 33.0 Å². The van der Waals surface area contributed by atoms with Crippen LogP contribution in [-0.4, -0.2) is 31.6 Å². The number of aryl methyl sites for hydroxylation is 1. The minimum absolute atomic E-state index is 0.156. The highest BCUT2D eigenvalue weighted by Crippen LogP contribution is 2.32. The van der Waals surface area contributed by atoms with Gasteiger partial charge in [0.15, 0.2) is 0 Å². The number of amides is 1. The molecule has 5 heteroatoms. The van der Waals surface area contributed by atoms with Crippen LogP contribution in [0.4, 0.5) is 0 Å². The van der Waals surface area contributed by atoms with Crippen molar-refractivity contribution in [3.8, 4) is 11.5 Å². The van der Waals surface area contributed by atoms with Gasteiger partial charge in [-0.15, -0.1) is 0 Å². The van der Waals surface area contributed by atoms with Crippen LogP contribution in [-0.2, 0) is 11.2 Å². The Kier molecular flexibility index (Phi) is 7.37. The molecular formula is C23H28BrNO3. The van der Waals surface area contributed by atoms with E-state index in [1.54, 1.807) is 14.2 Å². The fourth-order valence-electron chi connectivity index (χ4n) is 3.84. The number of carbonyl (C=O) groups is 1. The molecule has 1 heterocycles. The van der Waals surface area contributed by atoms with Crippen molar-refractivity contribution in [3.05, 3.63) is 58.1 Å². The van der Waals surface area contributed by atoms with Crippen LogP contribution in [0, 0.1) is 0 Å². The third-order valence-electron chi connectivity index (χ3n) is 5.42. The lowest BCUT2D eigenvalue weighted by Gasteiger charge is -2.31. The third-order valence-corrected chi connectivity index (χ3v) is 6.04. The number of nitrogens with zero attached hydrogens (tertiary/aromatic N) is 1. The van der Waals surface area contributed by atoms with E-state index in [0.717, 1.165) is 53.8 Å². The molecule has 0 bridgehead atoms. The van der Waals surface area contributed by atoms with Crippen molar-refractivity contribution >= 4 is 21.8 Å². The normalized spacial score (nSPS) is 17.1. The Morgan fingerprint density at radius 3 is 2.54 bits per heavy atom. The lowest BCUT2D eigenvalue weighted by Crippen LogP contribution is -2.35. The molecule has 3 rings (SSSR count). The van der Waals surface area contributed by atoms with Gasteiger partial charge in [0.25, 0.3) is 0 Å². The van der Waals surface area contributed by atoms with Gasteiger partial charge in [0, 0.05) is 13.0 Å². The summed E-state index contributed by atoms with van der Waals surface area (Å²) in [6.45, 7) is 0.835. The molecule has 28 heavy (non-hydrogen) atoms. The fourth-order valence-corrected chi connectivity index (χ4v) is 4.43. The van der Waals surface area contributed by atoms with E-state index in [1.165, 1.54) is 12.0 Å². The van der Waals surface area contributed by atoms with Crippen LogP contribution < -0.4 is 9.47 Å². The van der Waals surface area contributed by atoms with E-state index in [-0.39, 0.29) is 11.9 Å². The Morgan fingerprint density at radius 2 is 1.86 bits per heavy atom. The highest BCUT2D eigenvalue weighted by atomic mass is 79.9. The maximum absolute atomic E-state index is 13.1. The number of halogens is 1. The van der Waals surface area contributed by atoms with Gasteiger partial charge < -0.3 is 14.4 Å². The van der Waals surface area contributed by atoms with Crippen molar-refractivity contribution in [2.75, 3.05) is 20.8 Å². The molecule has 150 valence electrons. The minimum Gasteiger partial charge on any atom is -0.497 e. The van der Waals surface area contributed by atoms with Gasteiger partial charge in [0.05, 0.1) is 24.7 Å². The standard InChI is InChI=1S/C23H28BrNO3/c1-27-19-11-9-18(10-12-19)21-6-4-3-5-15-25(21)23(26)14-8-17-7-13-22(28-2)20(24)16-17/h7,9-13,16,21H,3-6,8,14-15H2,1-2H3/t21-/m0/s1. The first-order chi connectivity index (χ1) is 13.6. The van der Waals surface area contributed by atoms with E-state index >= 15 is 0 Å². The van der Waals surface area contributed by atoms with Crippen LogP contribution in [0.5, 0.6) is 11.5 Å². The number of likely N-dealkylation sites (tertiary alicyclic amines) is 1. The second-order valence-corrected chi connectivity index (χ2v) is 8.05. The molecule has 4 nitrogen and oxygen atoms in total. The Bertz CT molecular complexity index is 791. The first kappa shape index (κ1) is 20.7. The van der Waals surface area contributed by atoms with E-state index in [4.69, 9.17) is 9.47 Å². The number of methoxy groups -OCH3 is 2. The lowest BCUT2D eigenvalue weighted by atomic mass is 10.00. The van der Waals surface area contributed by atoms with Crippen LogP contribution in [0.2, 0.25) is 0 Å². The Morgan fingerprint density at radius 1 is 1.07 bits per heavy atom. The van der Waals surface area contributed by atoms with Gasteiger partial charge in [-0.1, -0.05) is 31.0 Å². The summed E-state index contributed by atoms with van der Waals surface area (Å²) in [4.78, 5) is 15.2. The predicted octanol–water partition coefficient (Wildman–Crippen LogP) is 5.54. The Hall–Kier alpha value is -2.01. The molecule has 0 radical (unpaired) electrons. The monoisotopic (exact) mass is 445 g/mol. The van der Waals surface area contributed by atoms with Gasteiger partial charge in [0.2, 0.25) is 5.91 Å². The smallest absolute Gasteiger partial charge is 0.223 e. The first-order valence-electron chi connectivity index (χ1n) is 9.88. The van der Waals surface area contributed by atoms with Crippen LogP contribution >= 0.6 is 15.9 Å². The van der Waals surface area contributed by atoms with Gasteiger partial charge in [-0.3, -0.25) is 4.79 Å². The summed E-state index contributed by atoms with van der Waals surface area (Å²) in [5.74, 6) is 1.89. The molecule has 1 fully saturated rings. The summed E-state index contributed by atoms with van der Waals surface area (Å²) < 4.78 is 11.5. The Labute approximate surface area is 176 Å². The molecule has 1 amide bonds. The number of benzene rings is 2. The number of hydrogen-bond acceptors (Lipinski definition) is 3. The predicted molar refractivity (Wildman–Crippen MR) is 115 cm³/mol. The molecule has 0 aromatic heterocycles. The molecule has 0 unspecified atom stereocenters. The molecule has 0 aliphatic carbocycles. The third kappa shape index (κ3) is 5.07. The largest absolute Gasteiger partial charge is 0.497 e. The SMILES string of the molecule is COc1ccc([C@@H]2CCCCCN2C(=O)CCc2ccc(OC)c(Br)c2)cc1. The number of hydrogen-bond donors (Lipinski definition) is 0. The van der Waals surface area contributed by atoms with E-state index in [0.29, 0.717) is 6.42 Å². The quantitative estimate of drug-likeness (QED) is 0.585. The van der Waals surface area contributed by atoms with Crippen molar-refractivity contribution in [2.24, 2.45) is 0 Å². The summed E-state index contributed by atoms with van der Waals surface area (Å²) in [5.41, 5.74) is 2.33. The zero-order chi connectivity index (χ0) is 19.9. The minimum atomic E-state index is 0.156. The van der Waals surface area contributed by atoms with Gasteiger partial charge in [0.1, 0.15) is 11.5 Å². The zero-order valence-electron chi connectivity index (χ0n) is 16.6. The van der Waals surface area contributed by atoms with Gasteiger partial charge in [-0.25, -0.2) is 0 Å². The maximum Gasteiger partial charge on any atom is 0.223 e. The van der Waals surface area contributed by atoms with Crippen molar-refractivity contribution in [1.82, 2.24) is 4.90 Å². The molecular weight excluding hydrogens is 418 g/mol. The van der Waals surface area contributed by atoms with Crippen LogP contribution in [0.25, 0.3) is 0 Å². The summed E-state index contributed by atoms with van der Waals surface area (Å²) >= 11 is 3.52. The summed E-state index contributed by atoms with van der Waals surface area (Å²) in [5, 5.41) is 0. The molecule has 1 aliphatic rings. The second-order valence-electron chi connectivity index (χ2n) is 7.19. The van der Waals surface area contributed by atoms with Crippen molar-refractivity contribution in [1.29, 1.82) is 0 Å². The Balaban J connectivity index is 1.70. The van der Waals surface area contributed by atoms with Gasteiger partial charge >= 0.3 is 0 Å². The topological polar surface area (TPSA) is 38.8 Å². The number of carbonyl (C=O) groups excluding carboxylic acids is 1. The average Bonchev–Trinajstić information content (AvgIpc) is 2.98. The fraction of sp³-hybridized carbons (Fsp3) is 0.435. The summed E-state index contributed by atoms with van der Waals surface area (Å²) in [7, 11) is 3.33. The molecule has 1 atom stereocenters. The van der Waals surface area contributed by atoms with E-state index < -0.39 is 0 Å². The van der Waals surface area contributed by atoms with Crippen LogP contribution in [0.3, 0.4) is 0 Å². The van der Waals surface area contributed by atoms with Crippen molar-refractivity contribution < 1.29 is 14.3 Å². The van der Waals surface area contributed by atoms with Crippen molar-refractivity contribution in [2.45, 2.75) is 44.6 Å². The highest BCUT2D eigenvalue weighted by Gasteiger charge is 2.26. The highest BCUT2D eigenvalue weighted by molar-refractivity contribution is 9.10. The molecule has 2 aromatic carbocycles. The average molecular weight is 446 g/mol. The summed E-state index contributed by atoms with van der Waals surface area (Å²) in [6, 6.07) is 14.3. The van der Waals surface area contributed by atoms with Gasteiger partial charge in [-0.2, -0.15) is 0 Å². The molecule has 1 aliphatic heterocycles. The maximum atomic E-state index is 13.1. The lowest BCUT2D eigenvalue weighted by molar-refractivity contribution is -0.133. The molecule has 2 aromatic rings. The molecule has 1 saturated heterocycles. The van der Waals surface area contributed by atoms with Crippen molar-refractivity contribution in [3.63, 3.8) is 0 Å². The number of ether oxygens (including phenoxy) is 2. The summed E-state index contributed by atoms with van der Waals surface area (Å²) in [6.07, 6.45) is 5.69.